The summed E-state index contributed by atoms with van der Waals surface area (Å²) in [6.45, 7) is 4.76. The Bertz CT molecular complexity index is 1320. The predicted molar refractivity (Wildman–Crippen MR) is 133 cm³/mol. The van der Waals surface area contributed by atoms with Gasteiger partial charge < -0.3 is 10.1 Å². The molecule has 0 saturated heterocycles. The number of benzene rings is 3. The van der Waals surface area contributed by atoms with Crippen LogP contribution < -0.4 is 14.4 Å². The lowest BCUT2D eigenvalue weighted by atomic mass is 10.1. The molecule has 9 nitrogen and oxygen atoms in total. The first kappa shape index (κ1) is 25.7. The van der Waals surface area contributed by atoms with Gasteiger partial charge in [-0.05, 0) is 56.7 Å². The number of aryl methyl sites for hydroxylation is 2. The topological polar surface area (TPSA) is 119 Å². The van der Waals surface area contributed by atoms with Crippen LogP contribution in [0, 0.1) is 24.0 Å². The van der Waals surface area contributed by atoms with Crippen LogP contribution >= 0.6 is 0 Å². The predicted octanol–water partition coefficient (Wildman–Crippen LogP) is 4.29. The number of nitrogens with one attached hydrogen (secondary N) is 1. The number of carbonyl (C=O) groups is 1. The maximum Gasteiger partial charge on any atom is 0.273 e. The number of hydrogen-bond donors (Lipinski definition) is 1. The SMILES string of the molecule is COc1ccc(N(CC(=O)N[C@@H](C)c2ccc(C)cc2)S(=O)(=O)c2ccc(C)c([N+](=O)[O-])c2)cc1. The van der Waals surface area contributed by atoms with Gasteiger partial charge in [0.2, 0.25) is 5.91 Å². The van der Waals surface area contributed by atoms with E-state index >= 15 is 0 Å². The van der Waals surface area contributed by atoms with Crippen LogP contribution in [0.15, 0.2) is 71.6 Å². The zero-order valence-corrected chi connectivity index (χ0v) is 20.7. The molecule has 0 radical (unpaired) electrons. The second kappa shape index (κ2) is 10.6. The molecule has 184 valence electrons. The molecule has 35 heavy (non-hydrogen) atoms. The maximum atomic E-state index is 13.6. The van der Waals surface area contributed by atoms with E-state index in [4.69, 9.17) is 4.74 Å². The lowest BCUT2D eigenvalue weighted by Gasteiger charge is -2.25. The summed E-state index contributed by atoms with van der Waals surface area (Å²) < 4.78 is 33.3. The molecule has 0 aliphatic rings. The van der Waals surface area contributed by atoms with Crippen LogP contribution in [0.5, 0.6) is 5.75 Å². The third-order valence-electron chi connectivity index (χ3n) is 5.57. The number of ether oxygens (including phenoxy) is 1. The average molecular weight is 498 g/mol. The zero-order valence-electron chi connectivity index (χ0n) is 19.9. The van der Waals surface area contributed by atoms with E-state index in [0.717, 1.165) is 21.5 Å². The summed E-state index contributed by atoms with van der Waals surface area (Å²) >= 11 is 0. The number of nitrogens with zero attached hydrogens (tertiary/aromatic N) is 2. The van der Waals surface area contributed by atoms with Crippen molar-refractivity contribution in [2.45, 2.75) is 31.7 Å². The van der Waals surface area contributed by atoms with Crippen molar-refractivity contribution in [1.29, 1.82) is 0 Å². The van der Waals surface area contributed by atoms with E-state index in [1.165, 1.54) is 38.3 Å². The van der Waals surface area contributed by atoms with Crippen LogP contribution in [0.4, 0.5) is 11.4 Å². The number of nitro benzene ring substituents is 1. The van der Waals surface area contributed by atoms with Gasteiger partial charge in [-0.3, -0.25) is 19.2 Å². The van der Waals surface area contributed by atoms with Crippen molar-refractivity contribution in [3.8, 4) is 5.75 Å². The van der Waals surface area contributed by atoms with Gasteiger partial charge in [0.05, 0.1) is 28.7 Å². The fourth-order valence-electron chi connectivity index (χ4n) is 3.49. The van der Waals surface area contributed by atoms with E-state index in [1.54, 1.807) is 19.1 Å². The van der Waals surface area contributed by atoms with Gasteiger partial charge in [0.15, 0.2) is 0 Å². The Kier molecular flexibility index (Phi) is 7.75. The standard InChI is InChI=1S/C25H27N3O6S/c1-17-5-8-20(9-6-17)19(3)26-25(29)16-27(21-10-12-22(34-4)13-11-21)35(32,33)23-14-7-18(2)24(15-23)28(30)31/h5-15,19H,16H2,1-4H3,(H,26,29)/t19-/m0/s1. The molecule has 10 heteroatoms. The van der Waals surface area contributed by atoms with Gasteiger partial charge in [-0.25, -0.2) is 8.42 Å². The Morgan fingerprint density at radius 3 is 2.26 bits per heavy atom. The number of nitro groups is 1. The molecule has 0 aromatic heterocycles. The first-order valence-electron chi connectivity index (χ1n) is 10.8. The molecule has 0 unspecified atom stereocenters. The molecule has 3 aromatic carbocycles. The van der Waals surface area contributed by atoms with Crippen molar-refractivity contribution in [3.05, 3.63) is 93.5 Å². The third-order valence-corrected chi connectivity index (χ3v) is 7.34. The molecule has 0 spiro atoms. The summed E-state index contributed by atoms with van der Waals surface area (Å²) in [5.74, 6) is -0.0198. The largest absolute Gasteiger partial charge is 0.497 e. The zero-order chi connectivity index (χ0) is 25.8. The number of rotatable bonds is 9. The normalized spacial score (nSPS) is 12.0. The summed E-state index contributed by atoms with van der Waals surface area (Å²) in [4.78, 5) is 23.4. The van der Waals surface area contributed by atoms with Gasteiger partial charge >= 0.3 is 0 Å². The van der Waals surface area contributed by atoms with E-state index in [2.05, 4.69) is 5.32 Å². The highest BCUT2D eigenvalue weighted by molar-refractivity contribution is 7.92. The van der Waals surface area contributed by atoms with E-state index < -0.39 is 27.4 Å². The van der Waals surface area contributed by atoms with Crippen LogP contribution in [-0.4, -0.2) is 32.9 Å². The minimum Gasteiger partial charge on any atom is -0.497 e. The maximum absolute atomic E-state index is 13.6. The van der Waals surface area contributed by atoms with Crippen LogP contribution in [0.3, 0.4) is 0 Å². The molecule has 3 aromatic rings. The number of hydrogen-bond acceptors (Lipinski definition) is 6. The smallest absolute Gasteiger partial charge is 0.273 e. The lowest BCUT2D eigenvalue weighted by Crippen LogP contribution is -2.41. The van der Waals surface area contributed by atoms with Gasteiger partial charge in [0.1, 0.15) is 12.3 Å². The Morgan fingerprint density at radius 2 is 1.69 bits per heavy atom. The highest BCUT2D eigenvalue weighted by Gasteiger charge is 2.29. The minimum atomic E-state index is -4.32. The Balaban J connectivity index is 1.96. The van der Waals surface area contributed by atoms with Gasteiger partial charge in [-0.2, -0.15) is 0 Å². The quantitative estimate of drug-likeness (QED) is 0.348. The molecule has 1 amide bonds. The number of methoxy groups -OCH3 is 1. The van der Waals surface area contributed by atoms with Crippen molar-refractivity contribution < 1.29 is 22.9 Å². The van der Waals surface area contributed by atoms with Crippen molar-refractivity contribution in [1.82, 2.24) is 5.32 Å². The molecule has 1 N–H and O–H groups in total. The van der Waals surface area contributed by atoms with Gasteiger partial charge in [-0.15, -0.1) is 0 Å². The monoisotopic (exact) mass is 497 g/mol. The number of anilines is 1. The van der Waals surface area contributed by atoms with Crippen molar-refractivity contribution in [2.24, 2.45) is 0 Å². The van der Waals surface area contributed by atoms with E-state index in [-0.39, 0.29) is 22.3 Å². The van der Waals surface area contributed by atoms with Crippen LogP contribution in [0.1, 0.15) is 29.7 Å². The Labute approximate surface area is 204 Å². The van der Waals surface area contributed by atoms with Gasteiger partial charge in [-0.1, -0.05) is 35.9 Å². The van der Waals surface area contributed by atoms with Gasteiger partial charge in [0.25, 0.3) is 15.7 Å². The third kappa shape index (κ3) is 5.96. The fourth-order valence-corrected chi connectivity index (χ4v) is 4.93. The molecular formula is C25H27N3O6S. The Morgan fingerprint density at radius 1 is 1.06 bits per heavy atom. The summed E-state index contributed by atoms with van der Waals surface area (Å²) in [5.41, 5.74) is 2.17. The van der Waals surface area contributed by atoms with Crippen LogP contribution in [-0.2, 0) is 14.8 Å². The van der Waals surface area contributed by atoms with Crippen LogP contribution in [0.2, 0.25) is 0 Å². The van der Waals surface area contributed by atoms with E-state index in [1.807, 2.05) is 31.2 Å². The van der Waals surface area contributed by atoms with Gasteiger partial charge in [0, 0.05) is 11.6 Å². The molecule has 0 saturated carbocycles. The fraction of sp³-hybridized carbons (Fsp3) is 0.240. The molecule has 0 fully saturated rings. The molecular weight excluding hydrogens is 470 g/mol. The minimum absolute atomic E-state index is 0.215. The molecule has 1 atom stereocenters. The molecule has 3 rings (SSSR count). The van der Waals surface area contributed by atoms with Crippen LogP contribution in [0.25, 0.3) is 0 Å². The number of amides is 1. The summed E-state index contributed by atoms with van der Waals surface area (Å²) in [6, 6.07) is 17.1. The average Bonchev–Trinajstić information content (AvgIpc) is 2.83. The van der Waals surface area contributed by atoms with E-state index in [0.29, 0.717) is 11.3 Å². The molecule has 0 bridgehead atoms. The first-order valence-corrected chi connectivity index (χ1v) is 12.2. The lowest BCUT2D eigenvalue weighted by molar-refractivity contribution is -0.385. The molecule has 0 aliphatic heterocycles. The van der Waals surface area contributed by atoms with Crippen molar-refractivity contribution >= 4 is 27.3 Å². The van der Waals surface area contributed by atoms with Crippen molar-refractivity contribution in [2.75, 3.05) is 18.0 Å². The van der Waals surface area contributed by atoms with E-state index in [9.17, 15) is 23.3 Å². The summed E-state index contributed by atoms with van der Waals surface area (Å²) in [6.07, 6.45) is 0. The Hall–Kier alpha value is -3.92. The number of carbonyl (C=O) groups excluding carboxylic acids is 1. The molecule has 0 aliphatic carbocycles. The highest BCUT2D eigenvalue weighted by Crippen LogP contribution is 2.29. The summed E-state index contributed by atoms with van der Waals surface area (Å²) in [7, 11) is -2.84. The van der Waals surface area contributed by atoms with Crippen molar-refractivity contribution in [3.63, 3.8) is 0 Å². The number of sulfonamides is 1. The first-order chi connectivity index (χ1) is 16.5. The summed E-state index contributed by atoms with van der Waals surface area (Å²) in [5, 5.41) is 14.2. The second-order valence-corrected chi connectivity index (χ2v) is 9.98. The highest BCUT2D eigenvalue weighted by atomic mass is 32.2. The second-order valence-electron chi connectivity index (χ2n) is 8.11. The molecule has 0 heterocycles.